The van der Waals surface area contributed by atoms with E-state index in [1.165, 1.54) is 12.8 Å². The summed E-state index contributed by atoms with van der Waals surface area (Å²) >= 11 is 5.98. The van der Waals surface area contributed by atoms with Gasteiger partial charge in [0.1, 0.15) is 5.76 Å². The van der Waals surface area contributed by atoms with Crippen LogP contribution in [0.15, 0.2) is 28.7 Å². The quantitative estimate of drug-likeness (QED) is 0.666. The topological polar surface area (TPSA) is 58.4 Å². The number of nitrogens with one attached hydrogen (secondary N) is 1. The molecule has 1 aromatic heterocycles. The van der Waals surface area contributed by atoms with Crippen molar-refractivity contribution in [3.05, 3.63) is 40.7 Å². The van der Waals surface area contributed by atoms with Crippen LogP contribution >= 0.6 is 11.6 Å². The van der Waals surface area contributed by atoms with Crippen molar-refractivity contribution < 1.29 is 9.21 Å². The van der Waals surface area contributed by atoms with Gasteiger partial charge in [-0.2, -0.15) is 0 Å². The number of carbonyl (C=O) groups excluding carboxylic acids is 1. The summed E-state index contributed by atoms with van der Waals surface area (Å²) in [6.45, 7) is 9.15. The molecule has 2 aliphatic rings. The minimum atomic E-state index is 0.128. The van der Waals surface area contributed by atoms with Gasteiger partial charge >= 0.3 is 0 Å². The van der Waals surface area contributed by atoms with Crippen LogP contribution in [0.5, 0.6) is 0 Å². The lowest BCUT2D eigenvalue weighted by molar-refractivity contribution is -0.128. The van der Waals surface area contributed by atoms with Gasteiger partial charge in [-0.25, -0.2) is 4.98 Å². The maximum Gasteiger partial charge on any atom is 0.226 e. The summed E-state index contributed by atoms with van der Waals surface area (Å²) in [6, 6.07) is 7.89. The summed E-state index contributed by atoms with van der Waals surface area (Å²) in [6.07, 6.45) is 5.45. The molecule has 3 atom stereocenters. The lowest BCUT2D eigenvalue weighted by Crippen LogP contribution is -2.48. The maximum absolute atomic E-state index is 12.9. The van der Waals surface area contributed by atoms with Gasteiger partial charge in [0.25, 0.3) is 0 Å². The molecule has 0 spiro atoms. The Labute approximate surface area is 190 Å². The number of aromatic nitrogens is 1. The van der Waals surface area contributed by atoms with Crippen molar-refractivity contribution in [2.24, 2.45) is 17.8 Å². The fourth-order valence-electron chi connectivity index (χ4n) is 4.94. The Kier molecular flexibility index (Phi) is 7.02. The summed E-state index contributed by atoms with van der Waals surface area (Å²) in [7, 11) is 0. The highest BCUT2D eigenvalue weighted by molar-refractivity contribution is 6.30. The van der Waals surface area contributed by atoms with Crippen LogP contribution in [0.25, 0.3) is 11.5 Å². The Morgan fingerprint density at radius 1 is 1.16 bits per heavy atom. The van der Waals surface area contributed by atoms with E-state index >= 15 is 0 Å². The number of amides is 1. The minimum Gasteiger partial charge on any atom is -0.441 e. The molecule has 0 bridgehead atoms. The van der Waals surface area contributed by atoms with Crippen molar-refractivity contribution in [1.82, 2.24) is 15.2 Å². The second kappa shape index (κ2) is 9.74. The largest absolute Gasteiger partial charge is 0.441 e. The fourth-order valence-corrected chi connectivity index (χ4v) is 5.07. The molecule has 2 heterocycles. The maximum atomic E-state index is 12.9. The Morgan fingerprint density at radius 2 is 1.87 bits per heavy atom. The highest BCUT2D eigenvalue weighted by Crippen LogP contribution is 2.30. The SMILES string of the molecule is Cc1oc(-c2ccc(Cl)cc2)nc1CN1CCC(C(=O)NC2CCCC(C)C2C)CC1. The van der Waals surface area contributed by atoms with E-state index in [2.05, 4.69) is 24.1 Å². The Morgan fingerprint density at radius 3 is 2.58 bits per heavy atom. The lowest BCUT2D eigenvalue weighted by atomic mass is 9.78. The minimum absolute atomic E-state index is 0.128. The summed E-state index contributed by atoms with van der Waals surface area (Å²) in [5.74, 6) is 3.14. The van der Waals surface area contributed by atoms with Crippen molar-refractivity contribution >= 4 is 17.5 Å². The lowest BCUT2D eigenvalue weighted by Gasteiger charge is -2.36. The molecular formula is C25H34ClN3O2. The van der Waals surface area contributed by atoms with Crippen LogP contribution in [0.4, 0.5) is 0 Å². The second-order valence-corrected chi connectivity index (χ2v) is 9.90. The number of piperidine rings is 1. The molecule has 4 rings (SSSR count). The first-order chi connectivity index (χ1) is 14.9. The Hall–Kier alpha value is -1.85. The average Bonchev–Trinajstić information content (AvgIpc) is 3.12. The number of aryl methyl sites for hydroxylation is 1. The Bertz CT molecular complexity index is 887. The highest BCUT2D eigenvalue weighted by Gasteiger charge is 2.31. The van der Waals surface area contributed by atoms with E-state index in [1.54, 1.807) is 0 Å². The predicted molar refractivity (Wildman–Crippen MR) is 124 cm³/mol. The zero-order valence-electron chi connectivity index (χ0n) is 18.9. The monoisotopic (exact) mass is 443 g/mol. The van der Waals surface area contributed by atoms with E-state index in [-0.39, 0.29) is 11.8 Å². The van der Waals surface area contributed by atoms with Crippen molar-refractivity contribution in [2.45, 2.75) is 65.5 Å². The van der Waals surface area contributed by atoms with Crippen molar-refractivity contribution in [3.63, 3.8) is 0 Å². The first-order valence-electron chi connectivity index (χ1n) is 11.7. The van der Waals surface area contributed by atoms with Gasteiger partial charge in [-0.1, -0.05) is 38.3 Å². The number of oxazole rings is 1. The third-order valence-corrected chi connectivity index (χ3v) is 7.60. The molecule has 2 fully saturated rings. The number of carbonyl (C=O) groups is 1. The average molecular weight is 444 g/mol. The van der Waals surface area contributed by atoms with E-state index in [0.717, 1.165) is 55.9 Å². The molecular weight excluding hydrogens is 410 g/mol. The first kappa shape index (κ1) is 22.3. The van der Waals surface area contributed by atoms with Crippen molar-refractivity contribution in [1.29, 1.82) is 0 Å². The van der Waals surface area contributed by atoms with E-state index in [0.29, 0.717) is 28.8 Å². The Balaban J connectivity index is 1.29. The molecule has 5 nitrogen and oxygen atoms in total. The summed E-state index contributed by atoms with van der Waals surface area (Å²) in [5, 5.41) is 4.07. The zero-order valence-corrected chi connectivity index (χ0v) is 19.6. The van der Waals surface area contributed by atoms with Crippen LogP contribution in [0.3, 0.4) is 0 Å². The molecule has 0 radical (unpaired) electrons. The number of hydrogen-bond donors (Lipinski definition) is 1. The van der Waals surface area contributed by atoms with Gasteiger partial charge in [0.2, 0.25) is 11.8 Å². The van der Waals surface area contributed by atoms with Gasteiger partial charge in [0.05, 0.1) is 5.69 Å². The fraction of sp³-hybridized carbons (Fsp3) is 0.600. The second-order valence-electron chi connectivity index (χ2n) is 9.46. The smallest absolute Gasteiger partial charge is 0.226 e. The molecule has 1 aromatic carbocycles. The van der Waals surface area contributed by atoms with Crippen LogP contribution in [-0.4, -0.2) is 34.9 Å². The first-order valence-corrected chi connectivity index (χ1v) is 12.0. The third kappa shape index (κ3) is 5.32. The number of likely N-dealkylation sites (tertiary alicyclic amines) is 1. The van der Waals surface area contributed by atoms with Gasteiger partial charge in [-0.15, -0.1) is 0 Å². The van der Waals surface area contributed by atoms with Crippen LogP contribution < -0.4 is 5.32 Å². The van der Waals surface area contributed by atoms with Crippen LogP contribution in [0.1, 0.15) is 57.4 Å². The van der Waals surface area contributed by atoms with Crippen molar-refractivity contribution in [3.8, 4) is 11.5 Å². The number of rotatable bonds is 5. The van der Waals surface area contributed by atoms with E-state index in [1.807, 2.05) is 31.2 Å². The molecule has 3 unspecified atom stereocenters. The summed E-state index contributed by atoms with van der Waals surface area (Å²) in [5.41, 5.74) is 1.90. The molecule has 168 valence electrons. The van der Waals surface area contributed by atoms with Gasteiger partial charge in [-0.3, -0.25) is 9.69 Å². The zero-order chi connectivity index (χ0) is 22.0. The van der Waals surface area contributed by atoms with Gasteiger partial charge < -0.3 is 9.73 Å². The molecule has 1 aliphatic heterocycles. The van der Waals surface area contributed by atoms with E-state index in [4.69, 9.17) is 21.0 Å². The number of nitrogens with zero attached hydrogens (tertiary/aromatic N) is 2. The predicted octanol–water partition coefficient (Wildman–Crippen LogP) is 5.46. The number of halogens is 1. The van der Waals surface area contributed by atoms with Crippen LogP contribution in [0, 0.1) is 24.7 Å². The van der Waals surface area contributed by atoms with Crippen LogP contribution in [-0.2, 0) is 11.3 Å². The highest BCUT2D eigenvalue weighted by atomic mass is 35.5. The molecule has 1 aliphatic carbocycles. The molecule has 1 saturated heterocycles. The van der Waals surface area contributed by atoms with Gasteiger partial charge in [0.15, 0.2) is 0 Å². The third-order valence-electron chi connectivity index (χ3n) is 7.35. The van der Waals surface area contributed by atoms with E-state index < -0.39 is 0 Å². The summed E-state index contributed by atoms with van der Waals surface area (Å²) < 4.78 is 5.90. The van der Waals surface area contributed by atoms with E-state index in [9.17, 15) is 4.79 Å². The number of benzene rings is 1. The van der Waals surface area contributed by atoms with Gasteiger partial charge in [0, 0.05) is 29.1 Å². The van der Waals surface area contributed by atoms with Gasteiger partial charge in [-0.05, 0) is 75.4 Å². The standard InChI is InChI=1S/C25H34ClN3O2/c1-16-5-4-6-22(17(16)2)27-24(30)19-11-13-29(14-12-19)15-23-18(3)31-25(28-23)20-7-9-21(26)10-8-20/h7-10,16-17,19,22H,4-6,11-15H2,1-3H3,(H,27,30). The normalized spacial score (nSPS) is 25.5. The van der Waals surface area contributed by atoms with Crippen molar-refractivity contribution in [2.75, 3.05) is 13.1 Å². The molecule has 2 aromatic rings. The molecule has 31 heavy (non-hydrogen) atoms. The molecule has 1 N–H and O–H groups in total. The summed E-state index contributed by atoms with van der Waals surface area (Å²) in [4.78, 5) is 20.0. The number of hydrogen-bond acceptors (Lipinski definition) is 4. The van der Waals surface area contributed by atoms with Crippen LogP contribution in [0.2, 0.25) is 5.02 Å². The molecule has 1 saturated carbocycles. The molecule has 1 amide bonds. The molecule has 6 heteroatoms.